The molecule has 1 aliphatic heterocycles. The predicted octanol–water partition coefficient (Wildman–Crippen LogP) is 5.05. The molecule has 0 saturated carbocycles. The topological polar surface area (TPSA) is 39.6 Å². The third-order valence-electron chi connectivity index (χ3n) is 6.27. The van der Waals surface area contributed by atoms with Gasteiger partial charge in [0.2, 0.25) is 0 Å². The number of pyridine rings is 1. The third kappa shape index (κ3) is 5.46. The first-order valence-corrected chi connectivity index (χ1v) is 11.2. The van der Waals surface area contributed by atoms with Crippen LogP contribution in [0.4, 0.5) is 17.6 Å². The summed E-state index contributed by atoms with van der Waals surface area (Å²) in [6.45, 7) is 7.03. The van der Waals surface area contributed by atoms with Crippen LogP contribution in [0.15, 0.2) is 67.0 Å². The van der Waals surface area contributed by atoms with Gasteiger partial charge >= 0.3 is 12.0 Å². The molecule has 2 aromatic carbocycles. The minimum Gasteiger partial charge on any atom is -0.351 e. The van der Waals surface area contributed by atoms with Crippen LogP contribution in [0.5, 0.6) is 0 Å². The van der Waals surface area contributed by atoms with Crippen molar-refractivity contribution in [1.82, 2.24) is 14.8 Å². The van der Waals surface area contributed by atoms with Crippen LogP contribution in [0.3, 0.4) is 0 Å². The monoisotopic (exact) mass is 473 g/mol. The summed E-state index contributed by atoms with van der Waals surface area (Å²) in [7, 11) is 0. The maximum Gasteiger partial charge on any atom is 0.453 e. The molecule has 0 bridgehead atoms. The van der Waals surface area contributed by atoms with Crippen LogP contribution in [0.25, 0.3) is 11.1 Å². The van der Waals surface area contributed by atoms with Gasteiger partial charge in [0.05, 0.1) is 0 Å². The normalized spacial score (nSPS) is 17.5. The van der Waals surface area contributed by atoms with E-state index in [0.717, 1.165) is 56.5 Å². The molecule has 1 N–H and O–H groups in total. The van der Waals surface area contributed by atoms with Gasteiger partial charge in [-0.25, -0.2) is 0 Å². The highest BCUT2D eigenvalue weighted by Crippen LogP contribution is 2.42. The molecule has 1 saturated heterocycles. The van der Waals surface area contributed by atoms with E-state index in [1.54, 1.807) is 0 Å². The zero-order valence-corrected chi connectivity index (χ0v) is 18.9. The number of rotatable bonds is 6. The first-order valence-electron chi connectivity index (χ1n) is 11.2. The van der Waals surface area contributed by atoms with Crippen LogP contribution in [0.2, 0.25) is 0 Å². The van der Waals surface area contributed by atoms with Gasteiger partial charge in [0.25, 0.3) is 0 Å². The summed E-state index contributed by atoms with van der Waals surface area (Å²) >= 11 is 0. The summed E-state index contributed by atoms with van der Waals surface area (Å²) in [5.41, 5.74) is 3.13. The molecule has 4 rings (SSSR count). The highest BCUT2D eigenvalue weighted by molar-refractivity contribution is 5.65. The fraction of sp³-hybridized carbons (Fsp3) is 0.346. The van der Waals surface area contributed by atoms with Gasteiger partial charge in [0.1, 0.15) is 0 Å². The Labute approximate surface area is 196 Å². The average Bonchev–Trinajstić information content (AvgIpc) is 2.80. The first-order chi connectivity index (χ1) is 16.1. The van der Waals surface area contributed by atoms with Crippen LogP contribution in [0.1, 0.15) is 22.3 Å². The fourth-order valence-electron chi connectivity index (χ4n) is 4.28. The van der Waals surface area contributed by atoms with Crippen molar-refractivity contribution in [3.63, 3.8) is 0 Å². The van der Waals surface area contributed by atoms with Crippen molar-refractivity contribution in [1.29, 1.82) is 0 Å². The Balaban J connectivity index is 1.35. The van der Waals surface area contributed by atoms with Crippen molar-refractivity contribution in [2.24, 2.45) is 0 Å². The van der Waals surface area contributed by atoms with Gasteiger partial charge < -0.3 is 5.11 Å². The molecule has 1 fully saturated rings. The quantitative estimate of drug-likeness (QED) is 0.509. The van der Waals surface area contributed by atoms with Gasteiger partial charge in [-0.2, -0.15) is 17.6 Å². The molecule has 1 atom stereocenters. The zero-order valence-electron chi connectivity index (χ0n) is 18.9. The van der Waals surface area contributed by atoms with E-state index < -0.39 is 17.6 Å². The summed E-state index contributed by atoms with van der Waals surface area (Å²) in [5.74, 6) is -4.37. The molecule has 0 amide bonds. The number of nitrogens with zero attached hydrogens (tertiary/aromatic N) is 3. The van der Waals surface area contributed by atoms with Gasteiger partial charge in [-0.05, 0) is 46.9 Å². The summed E-state index contributed by atoms with van der Waals surface area (Å²) < 4.78 is 52.5. The largest absolute Gasteiger partial charge is 0.453 e. The molecule has 4 nitrogen and oxygen atoms in total. The van der Waals surface area contributed by atoms with Crippen LogP contribution in [0, 0.1) is 6.92 Å². The lowest BCUT2D eigenvalue weighted by Gasteiger charge is -2.34. The molecule has 1 aromatic heterocycles. The van der Waals surface area contributed by atoms with E-state index in [2.05, 4.69) is 14.8 Å². The first kappa shape index (κ1) is 24.3. The highest BCUT2D eigenvalue weighted by atomic mass is 19.4. The minimum absolute atomic E-state index is 0.0357. The molecule has 2 heterocycles. The van der Waals surface area contributed by atoms with Gasteiger partial charge in [0, 0.05) is 57.2 Å². The molecule has 3 aromatic rings. The van der Waals surface area contributed by atoms with E-state index in [-0.39, 0.29) is 5.56 Å². The standard InChI is InChI=1S/C26H27F4N3O/c1-19-16-23(6-7-24(19)25(27,34)26(28,29)30)22-4-2-20(3-5-22)17-32-12-14-33(15-13-32)18-21-8-10-31-11-9-21/h2-11,16,34H,12-15,17-18H2,1H3. The molecule has 0 aliphatic carbocycles. The maximum atomic E-state index is 14.0. The number of hydrogen-bond acceptors (Lipinski definition) is 4. The van der Waals surface area contributed by atoms with Gasteiger partial charge in [-0.1, -0.05) is 42.5 Å². The summed E-state index contributed by atoms with van der Waals surface area (Å²) in [6.07, 6.45) is -1.77. The number of halogens is 4. The third-order valence-corrected chi connectivity index (χ3v) is 6.27. The number of hydrogen-bond donors (Lipinski definition) is 1. The van der Waals surface area contributed by atoms with Crippen LogP contribution >= 0.6 is 0 Å². The second-order valence-corrected chi connectivity index (χ2v) is 8.75. The minimum atomic E-state index is -5.40. The van der Waals surface area contributed by atoms with Crippen molar-refractivity contribution in [2.75, 3.05) is 26.2 Å². The van der Waals surface area contributed by atoms with Crippen LogP contribution in [-0.4, -0.2) is 52.2 Å². The molecular formula is C26H27F4N3O. The molecule has 34 heavy (non-hydrogen) atoms. The van der Waals surface area contributed by atoms with E-state index in [1.165, 1.54) is 24.6 Å². The molecule has 8 heteroatoms. The maximum absolute atomic E-state index is 14.0. The molecule has 0 spiro atoms. The SMILES string of the molecule is Cc1cc(-c2ccc(CN3CCN(Cc4ccncc4)CC3)cc2)ccc1C(O)(F)C(F)(F)F. The lowest BCUT2D eigenvalue weighted by Crippen LogP contribution is -2.45. The summed E-state index contributed by atoms with van der Waals surface area (Å²) in [5, 5.41) is 9.35. The van der Waals surface area contributed by atoms with E-state index in [0.29, 0.717) is 5.56 Å². The van der Waals surface area contributed by atoms with Gasteiger partial charge in [-0.15, -0.1) is 0 Å². The van der Waals surface area contributed by atoms with E-state index in [4.69, 9.17) is 0 Å². The van der Waals surface area contributed by atoms with Crippen LogP contribution in [-0.2, 0) is 18.9 Å². The smallest absolute Gasteiger partial charge is 0.351 e. The molecule has 0 radical (unpaired) electrons. The number of alkyl halides is 4. The van der Waals surface area contributed by atoms with Crippen molar-refractivity contribution in [3.8, 4) is 11.1 Å². The predicted molar refractivity (Wildman–Crippen MR) is 122 cm³/mol. The Bertz CT molecular complexity index is 1090. The Kier molecular flexibility index (Phi) is 7.02. The van der Waals surface area contributed by atoms with Crippen LogP contribution < -0.4 is 0 Å². The lowest BCUT2D eigenvalue weighted by molar-refractivity contribution is -0.323. The number of aryl methyl sites for hydroxylation is 1. The second-order valence-electron chi connectivity index (χ2n) is 8.75. The average molecular weight is 474 g/mol. The van der Waals surface area contributed by atoms with E-state index >= 15 is 0 Å². The Morgan fingerprint density at radius 3 is 1.76 bits per heavy atom. The van der Waals surface area contributed by atoms with Crippen molar-refractivity contribution >= 4 is 0 Å². The number of piperazine rings is 1. The molecular weight excluding hydrogens is 446 g/mol. The summed E-state index contributed by atoms with van der Waals surface area (Å²) in [4.78, 5) is 8.88. The highest BCUT2D eigenvalue weighted by Gasteiger charge is 2.57. The van der Waals surface area contributed by atoms with E-state index in [9.17, 15) is 22.7 Å². The number of aromatic nitrogens is 1. The number of benzene rings is 2. The Morgan fingerprint density at radius 2 is 1.26 bits per heavy atom. The Hall–Kier alpha value is -2.81. The second kappa shape index (κ2) is 9.82. The van der Waals surface area contributed by atoms with Crippen molar-refractivity contribution in [3.05, 3.63) is 89.2 Å². The van der Waals surface area contributed by atoms with Crippen molar-refractivity contribution in [2.45, 2.75) is 32.0 Å². The number of aliphatic hydroxyl groups is 1. The molecule has 1 aliphatic rings. The van der Waals surface area contributed by atoms with E-state index in [1.807, 2.05) is 48.8 Å². The molecule has 180 valence electrons. The summed E-state index contributed by atoms with van der Waals surface area (Å²) in [6, 6.07) is 15.8. The lowest BCUT2D eigenvalue weighted by atomic mass is 9.95. The van der Waals surface area contributed by atoms with Gasteiger partial charge in [0.15, 0.2) is 0 Å². The Morgan fingerprint density at radius 1 is 0.765 bits per heavy atom. The molecule has 1 unspecified atom stereocenters. The van der Waals surface area contributed by atoms with Gasteiger partial charge in [-0.3, -0.25) is 14.8 Å². The van der Waals surface area contributed by atoms with Crippen molar-refractivity contribution < 1.29 is 22.7 Å². The zero-order chi connectivity index (χ0) is 24.3. The fourth-order valence-corrected chi connectivity index (χ4v) is 4.28.